The van der Waals surface area contributed by atoms with E-state index in [0.29, 0.717) is 0 Å². The summed E-state index contributed by atoms with van der Waals surface area (Å²) in [5.41, 5.74) is 0.907. The van der Waals surface area contributed by atoms with Gasteiger partial charge in [-0.15, -0.1) is 0 Å². The highest BCUT2D eigenvalue weighted by Crippen LogP contribution is 2.37. The Bertz CT molecular complexity index is 481. The Balaban J connectivity index is 2.17. The predicted octanol–water partition coefficient (Wildman–Crippen LogP) is 3.26. The molecule has 1 aromatic heterocycles. The average molecular weight is 263 g/mol. The van der Waals surface area contributed by atoms with E-state index < -0.39 is 7.12 Å². The van der Waals surface area contributed by atoms with E-state index in [2.05, 4.69) is 4.98 Å². The zero-order valence-electron chi connectivity index (χ0n) is 12.0. The lowest BCUT2D eigenvalue weighted by atomic mass is 9.86. The quantitative estimate of drug-likeness (QED) is 0.767. The number of rotatable bonds is 2. The number of nitrogens with zero attached hydrogens (tertiary/aromatic N) is 1. The van der Waals surface area contributed by atoms with E-state index in [4.69, 9.17) is 9.31 Å². The smallest absolute Gasteiger partial charge is 0.400 e. The van der Waals surface area contributed by atoms with Crippen LogP contribution in [0.2, 0.25) is 0 Å². The Morgan fingerprint density at radius 2 is 1.79 bits per heavy atom. The Morgan fingerprint density at radius 1 is 1.21 bits per heavy atom. The predicted molar refractivity (Wildman–Crippen MR) is 73.9 cm³/mol. The summed E-state index contributed by atoms with van der Waals surface area (Å²) in [6.45, 7) is 9.93. The molecule has 0 amide bonds. The number of aromatic nitrogens is 1. The first-order valence-corrected chi connectivity index (χ1v) is 6.37. The van der Waals surface area contributed by atoms with Crippen LogP contribution in [0.5, 0.6) is 0 Å². The van der Waals surface area contributed by atoms with Crippen molar-refractivity contribution in [1.82, 2.24) is 4.98 Å². The minimum absolute atomic E-state index is 0.341. The van der Waals surface area contributed by atoms with Gasteiger partial charge in [-0.3, -0.25) is 4.98 Å². The zero-order valence-corrected chi connectivity index (χ0v) is 12.0. The Labute approximate surface area is 114 Å². The molecule has 2 heterocycles. The molecule has 1 aliphatic rings. The van der Waals surface area contributed by atoms with Crippen LogP contribution in [0, 0.1) is 5.82 Å². The molecule has 0 spiro atoms. The van der Waals surface area contributed by atoms with E-state index in [1.54, 1.807) is 6.07 Å². The van der Waals surface area contributed by atoms with E-state index in [1.807, 2.05) is 40.6 Å². The van der Waals surface area contributed by atoms with Crippen molar-refractivity contribution in [3.8, 4) is 0 Å². The molecule has 0 radical (unpaired) electrons. The molecule has 2 rings (SSSR count). The highest BCUT2D eigenvalue weighted by Gasteiger charge is 2.50. The van der Waals surface area contributed by atoms with Crippen molar-refractivity contribution < 1.29 is 13.7 Å². The number of hydrogen-bond acceptors (Lipinski definition) is 3. The summed E-state index contributed by atoms with van der Waals surface area (Å²) in [5.74, 6) is 1.53. The third-order valence-electron chi connectivity index (χ3n) is 3.79. The zero-order chi connectivity index (χ0) is 14.3. The van der Waals surface area contributed by atoms with Crippen LogP contribution in [0.25, 0.3) is 5.57 Å². The van der Waals surface area contributed by atoms with Gasteiger partial charge in [0.2, 0.25) is 0 Å². The Hall–Kier alpha value is -1.20. The number of halogens is 1. The summed E-state index contributed by atoms with van der Waals surface area (Å²) in [5, 5.41) is 0. The highest BCUT2D eigenvalue weighted by molar-refractivity contribution is 6.53. The summed E-state index contributed by atoms with van der Waals surface area (Å²) in [6.07, 6.45) is 1.21. The fourth-order valence-electron chi connectivity index (χ4n) is 1.86. The molecular weight excluding hydrogens is 244 g/mol. The van der Waals surface area contributed by atoms with Gasteiger partial charge in [0, 0.05) is 0 Å². The minimum atomic E-state index is -0.406. The molecule has 0 N–H and O–H groups in total. The molecule has 102 valence electrons. The molecule has 0 unspecified atom stereocenters. The molecule has 19 heavy (non-hydrogen) atoms. The first-order chi connectivity index (χ1) is 8.71. The van der Waals surface area contributed by atoms with Gasteiger partial charge in [0.05, 0.1) is 23.1 Å². The summed E-state index contributed by atoms with van der Waals surface area (Å²) < 4.78 is 24.6. The summed E-state index contributed by atoms with van der Waals surface area (Å²) >= 11 is 0. The van der Waals surface area contributed by atoms with E-state index in [9.17, 15) is 4.39 Å². The topological polar surface area (TPSA) is 31.4 Å². The van der Waals surface area contributed by atoms with Gasteiger partial charge >= 0.3 is 7.12 Å². The van der Waals surface area contributed by atoms with E-state index in [1.165, 1.54) is 12.3 Å². The van der Waals surface area contributed by atoms with E-state index in [-0.39, 0.29) is 17.0 Å². The molecule has 3 nitrogen and oxygen atoms in total. The Kier molecular flexibility index (Phi) is 3.54. The fourth-order valence-corrected chi connectivity index (χ4v) is 1.86. The van der Waals surface area contributed by atoms with Crippen LogP contribution in [0.4, 0.5) is 4.39 Å². The molecule has 0 bridgehead atoms. The third-order valence-corrected chi connectivity index (χ3v) is 3.79. The summed E-state index contributed by atoms with van der Waals surface area (Å²) in [4.78, 5) is 4.04. The lowest BCUT2D eigenvalue weighted by Crippen LogP contribution is -2.41. The van der Waals surface area contributed by atoms with E-state index in [0.717, 1.165) is 11.3 Å². The van der Waals surface area contributed by atoms with Gasteiger partial charge in [-0.2, -0.15) is 0 Å². The number of pyridine rings is 1. The van der Waals surface area contributed by atoms with Crippen LogP contribution in [-0.2, 0) is 9.31 Å². The first kappa shape index (κ1) is 14.2. The largest absolute Gasteiger partial charge is 0.487 e. The van der Waals surface area contributed by atoms with Crippen molar-refractivity contribution in [2.24, 2.45) is 0 Å². The summed E-state index contributed by atoms with van der Waals surface area (Å²) in [7, 11) is -0.406. The summed E-state index contributed by atoms with van der Waals surface area (Å²) in [6, 6.07) is 3.04. The number of hydrogen-bond donors (Lipinski definition) is 0. The second kappa shape index (κ2) is 4.73. The van der Waals surface area contributed by atoms with Gasteiger partial charge in [0.25, 0.3) is 0 Å². The maximum atomic E-state index is 12.8. The van der Waals surface area contributed by atoms with E-state index >= 15 is 0 Å². The van der Waals surface area contributed by atoms with Crippen LogP contribution in [-0.4, -0.2) is 23.3 Å². The van der Waals surface area contributed by atoms with Gasteiger partial charge < -0.3 is 9.31 Å². The van der Waals surface area contributed by atoms with Gasteiger partial charge in [-0.1, -0.05) is 0 Å². The minimum Gasteiger partial charge on any atom is -0.400 e. The Morgan fingerprint density at radius 3 is 2.26 bits per heavy atom. The van der Waals surface area contributed by atoms with Crippen LogP contribution < -0.4 is 0 Å². The molecule has 1 aliphatic heterocycles. The molecular formula is C14H19BFNO2. The molecule has 0 aliphatic carbocycles. The van der Waals surface area contributed by atoms with Crippen LogP contribution >= 0.6 is 0 Å². The molecule has 1 fully saturated rings. The van der Waals surface area contributed by atoms with Gasteiger partial charge in [-0.25, -0.2) is 4.39 Å². The molecule has 1 aromatic rings. The van der Waals surface area contributed by atoms with Gasteiger partial charge in [-0.05, 0) is 58.3 Å². The highest BCUT2D eigenvalue weighted by atomic mass is 19.1. The van der Waals surface area contributed by atoms with Crippen molar-refractivity contribution >= 4 is 12.7 Å². The number of allylic oxidation sites excluding steroid dienone is 1. The fraction of sp³-hybridized carbons (Fsp3) is 0.500. The molecule has 0 aromatic carbocycles. The maximum Gasteiger partial charge on any atom is 0.487 e. The molecule has 1 saturated heterocycles. The van der Waals surface area contributed by atoms with Gasteiger partial charge in [0.1, 0.15) is 5.82 Å². The lowest BCUT2D eigenvalue weighted by Gasteiger charge is -2.32. The van der Waals surface area contributed by atoms with Crippen LogP contribution in [0.1, 0.15) is 40.3 Å². The van der Waals surface area contributed by atoms with Crippen molar-refractivity contribution in [3.63, 3.8) is 0 Å². The van der Waals surface area contributed by atoms with Crippen molar-refractivity contribution in [1.29, 1.82) is 0 Å². The third kappa shape index (κ3) is 2.87. The normalized spacial score (nSPS) is 21.8. The maximum absolute atomic E-state index is 12.8. The van der Waals surface area contributed by atoms with Crippen molar-refractivity contribution in [2.75, 3.05) is 0 Å². The SMILES string of the molecule is C/C(=C\B1OC(C)(C)C(C)(C)O1)c1ccc(F)cn1. The molecule has 0 atom stereocenters. The van der Waals surface area contributed by atoms with Crippen molar-refractivity contribution in [3.05, 3.63) is 35.8 Å². The van der Waals surface area contributed by atoms with Gasteiger partial charge in [0.15, 0.2) is 0 Å². The standard InChI is InChI=1S/C14H19BFNO2/c1-10(12-7-6-11(16)9-17-12)8-15-18-13(2,3)14(4,5)19-15/h6-9H,1-5H3/b10-8+. The average Bonchev–Trinajstić information content (AvgIpc) is 2.47. The second-order valence-corrected chi connectivity index (χ2v) is 5.84. The van der Waals surface area contributed by atoms with Crippen molar-refractivity contribution in [2.45, 2.75) is 45.8 Å². The van der Waals surface area contributed by atoms with Crippen LogP contribution in [0.15, 0.2) is 24.3 Å². The lowest BCUT2D eigenvalue weighted by molar-refractivity contribution is 0.00578. The second-order valence-electron chi connectivity index (χ2n) is 5.84. The molecule has 5 heteroatoms. The van der Waals surface area contributed by atoms with Crippen LogP contribution in [0.3, 0.4) is 0 Å². The first-order valence-electron chi connectivity index (χ1n) is 6.37. The molecule has 0 saturated carbocycles. The monoisotopic (exact) mass is 263 g/mol.